The average molecular weight is 88.9 g/mol. The molecule has 0 aliphatic rings. The summed E-state index contributed by atoms with van der Waals surface area (Å²) in [5.41, 5.74) is 4.91. The molecule has 0 rings (SSSR count). The van der Waals surface area contributed by atoms with E-state index in [1.54, 1.807) is 0 Å². The van der Waals surface area contributed by atoms with Crippen LogP contribution in [0.5, 0.6) is 0 Å². The first-order chi connectivity index (χ1) is 2.77. The second-order valence-corrected chi connectivity index (χ2v) is 1.06. The Kier molecular flexibility index (Phi) is 3.12. The van der Waals surface area contributed by atoms with E-state index in [0.717, 1.165) is 0 Å². The second-order valence-electron chi connectivity index (χ2n) is 1.06. The minimum atomic E-state index is -1.23. The van der Waals surface area contributed by atoms with Crippen LogP contribution >= 0.6 is 0 Å². The first-order valence-electron chi connectivity index (χ1n) is 1.83. The minimum absolute atomic E-state index is 0.264. The fourth-order valence-corrected chi connectivity index (χ4v) is 0.149. The van der Waals surface area contributed by atoms with Gasteiger partial charge in [-0.15, -0.1) is 0 Å². The van der Waals surface area contributed by atoms with Gasteiger partial charge in [0.2, 0.25) is 0 Å². The zero-order chi connectivity index (χ0) is 4.99. The van der Waals surface area contributed by atoms with E-state index in [1.165, 1.54) is 0 Å². The van der Waals surface area contributed by atoms with Crippen LogP contribution in [0.3, 0.4) is 0 Å². The van der Waals surface area contributed by atoms with Crippen LogP contribution in [0.2, 0.25) is 6.32 Å². The van der Waals surface area contributed by atoms with Crippen LogP contribution < -0.4 is 5.73 Å². The smallest absolute Gasteiger partial charge is 0.427 e. The van der Waals surface area contributed by atoms with E-state index in [1.807, 2.05) is 0 Å². The molecule has 0 fully saturated rings. The Morgan fingerprint density at radius 2 is 2.00 bits per heavy atom. The molecule has 0 heterocycles. The molecule has 0 atom stereocenters. The standard InChI is InChI=1S/C2H8BNO2/c4-2-1-3(5)6/h5-6H,1-2,4H2. The molecule has 0 radical (unpaired) electrons. The van der Waals surface area contributed by atoms with Crippen LogP contribution in [0, 0.1) is 0 Å². The first-order valence-corrected chi connectivity index (χ1v) is 1.83. The van der Waals surface area contributed by atoms with Gasteiger partial charge in [0.25, 0.3) is 0 Å². The minimum Gasteiger partial charge on any atom is -0.427 e. The van der Waals surface area contributed by atoms with Gasteiger partial charge in [0.15, 0.2) is 0 Å². The lowest BCUT2D eigenvalue weighted by Crippen LogP contribution is -2.15. The largest absolute Gasteiger partial charge is 0.452 e. The Morgan fingerprint density at radius 1 is 1.50 bits per heavy atom. The Morgan fingerprint density at radius 3 is 2.00 bits per heavy atom. The molecule has 3 nitrogen and oxygen atoms in total. The number of rotatable bonds is 2. The summed E-state index contributed by atoms with van der Waals surface area (Å²) in [5, 5.41) is 16.1. The fraction of sp³-hybridized carbons (Fsp3) is 1.00. The molecule has 0 saturated heterocycles. The summed E-state index contributed by atoms with van der Waals surface area (Å²) in [6, 6.07) is 0. The van der Waals surface area contributed by atoms with Gasteiger partial charge in [-0.3, -0.25) is 0 Å². The van der Waals surface area contributed by atoms with Crippen LogP contribution in [0.15, 0.2) is 0 Å². The van der Waals surface area contributed by atoms with Crippen molar-refractivity contribution in [3.63, 3.8) is 0 Å². The van der Waals surface area contributed by atoms with Gasteiger partial charge in [-0.05, 0) is 12.9 Å². The Bertz CT molecular complexity index is 32.7. The SMILES string of the molecule is NCCB(O)O. The van der Waals surface area contributed by atoms with Gasteiger partial charge in [-0.2, -0.15) is 0 Å². The summed E-state index contributed by atoms with van der Waals surface area (Å²) < 4.78 is 0. The molecule has 6 heavy (non-hydrogen) atoms. The number of hydrogen-bond donors (Lipinski definition) is 3. The van der Waals surface area contributed by atoms with Crippen molar-refractivity contribution in [3.05, 3.63) is 0 Å². The van der Waals surface area contributed by atoms with Gasteiger partial charge in [0, 0.05) is 0 Å². The predicted octanol–water partition coefficient (Wildman–Crippen LogP) is -1.58. The second kappa shape index (κ2) is 3.15. The summed E-state index contributed by atoms with van der Waals surface area (Å²) in [4.78, 5) is 0. The van der Waals surface area contributed by atoms with Crippen molar-refractivity contribution >= 4 is 7.12 Å². The van der Waals surface area contributed by atoms with Crippen LogP contribution in [-0.2, 0) is 0 Å². The van der Waals surface area contributed by atoms with Crippen molar-refractivity contribution in [1.29, 1.82) is 0 Å². The molecule has 0 aromatic heterocycles. The molecule has 0 aromatic carbocycles. The lowest BCUT2D eigenvalue weighted by molar-refractivity contribution is 0.406. The molecule has 0 saturated carbocycles. The third-order valence-electron chi connectivity index (χ3n) is 0.425. The van der Waals surface area contributed by atoms with Crippen molar-refractivity contribution in [3.8, 4) is 0 Å². The summed E-state index contributed by atoms with van der Waals surface area (Å²) in [7, 11) is -1.23. The Labute approximate surface area is 36.9 Å². The van der Waals surface area contributed by atoms with Gasteiger partial charge in [0.1, 0.15) is 0 Å². The van der Waals surface area contributed by atoms with Gasteiger partial charge < -0.3 is 15.8 Å². The highest BCUT2D eigenvalue weighted by Gasteiger charge is 2.00. The summed E-state index contributed by atoms with van der Waals surface area (Å²) >= 11 is 0. The van der Waals surface area contributed by atoms with Gasteiger partial charge >= 0.3 is 7.12 Å². The quantitative estimate of drug-likeness (QED) is 0.357. The fourth-order valence-electron chi connectivity index (χ4n) is 0.149. The van der Waals surface area contributed by atoms with Crippen molar-refractivity contribution < 1.29 is 10.0 Å². The third kappa shape index (κ3) is 3.94. The topological polar surface area (TPSA) is 66.5 Å². The molecule has 36 valence electrons. The molecule has 4 heteroatoms. The maximum Gasteiger partial charge on any atom is 0.452 e. The molecule has 0 bridgehead atoms. The van der Waals surface area contributed by atoms with E-state index >= 15 is 0 Å². The molecular weight excluding hydrogens is 80.8 g/mol. The van der Waals surface area contributed by atoms with Gasteiger partial charge in [0.05, 0.1) is 0 Å². The van der Waals surface area contributed by atoms with E-state index in [9.17, 15) is 0 Å². The highest BCUT2D eigenvalue weighted by Crippen LogP contribution is 1.74. The van der Waals surface area contributed by atoms with Crippen LogP contribution in [-0.4, -0.2) is 23.7 Å². The number of hydrogen-bond acceptors (Lipinski definition) is 3. The Hall–Kier alpha value is -0.0551. The maximum absolute atomic E-state index is 8.03. The molecular formula is C2H8BNO2. The molecule has 0 amide bonds. The van der Waals surface area contributed by atoms with Crippen LogP contribution in [0.25, 0.3) is 0 Å². The van der Waals surface area contributed by atoms with E-state index in [2.05, 4.69) is 0 Å². The summed E-state index contributed by atoms with van der Waals surface area (Å²) in [5.74, 6) is 0. The lowest BCUT2D eigenvalue weighted by Gasteiger charge is -1.88. The van der Waals surface area contributed by atoms with E-state index < -0.39 is 7.12 Å². The maximum atomic E-state index is 8.03. The zero-order valence-corrected chi connectivity index (χ0v) is 3.46. The van der Waals surface area contributed by atoms with Crippen molar-refractivity contribution in [1.82, 2.24) is 0 Å². The molecule has 0 aliphatic carbocycles. The highest BCUT2D eigenvalue weighted by molar-refractivity contribution is 6.41. The monoisotopic (exact) mass is 89.1 g/mol. The first kappa shape index (κ1) is 5.94. The molecule has 0 aliphatic heterocycles. The predicted molar refractivity (Wildman–Crippen MR) is 24.1 cm³/mol. The van der Waals surface area contributed by atoms with Crippen molar-refractivity contribution in [2.45, 2.75) is 6.32 Å². The van der Waals surface area contributed by atoms with Crippen molar-refractivity contribution in [2.24, 2.45) is 5.73 Å². The zero-order valence-electron chi connectivity index (χ0n) is 3.46. The van der Waals surface area contributed by atoms with Gasteiger partial charge in [-0.1, -0.05) is 0 Å². The average Bonchev–Trinajstić information content (AvgIpc) is 1.35. The van der Waals surface area contributed by atoms with E-state index in [0.29, 0.717) is 6.54 Å². The molecule has 0 spiro atoms. The molecule has 0 unspecified atom stereocenters. The number of nitrogens with two attached hydrogens (primary N) is 1. The Balaban J connectivity index is 2.63. The van der Waals surface area contributed by atoms with Crippen LogP contribution in [0.4, 0.5) is 0 Å². The summed E-state index contributed by atoms with van der Waals surface area (Å²) in [6.07, 6.45) is 0.264. The lowest BCUT2D eigenvalue weighted by atomic mass is 9.87. The van der Waals surface area contributed by atoms with E-state index in [4.69, 9.17) is 15.8 Å². The third-order valence-corrected chi connectivity index (χ3v) is 0.425. The van der Waals surface area contributed by atoms with Crippen LogP contribution in [0.1, 0.15) is 0 Å². The normalized spacial score (nSPS) is 8.50. The van der Waals surface area contributed by atoms with Gasteiger partial charge in [-0.25, -0.2) is 0 Å². The van der Waals surface area contributed by atoms with E-state index in [-0.39, 0.29) is 6.32 Å². The summed E-state index contributed by atoms with van der Waals surface area (Å²) in [6.45, 7) is 0.331. The molecule has 4 N–H and O–H groups in total. The molecule has 0 aromatic rings. The highest BCUT2D eigenvalue weighted by atomic mass is 16.4. The van der Waals surface area contributed by atoms with Crippen molar-refractivity contribution in [2.75, 3.05) is 6.54 Å².